The fraction of sp³-hybridized carbons (Fsp3) is 0.621. The van der Waals surface area contributed by atoms with Crippen LogP contribution in [0.15, 0.2) is 24.4 Å². The van der Waals surface area contributed by atoms with Gasteiger partial charge in [-0.1, -0.05) is 6.07 Å². The molecule has 5 heterocycles. The van der Waals surface area contributed by atoms with E-state index < -0.39 is 35.8 Å². The number of hydrogen-bond donors (Lipinski definition) is 2. The molecule has 39 heavy (non-hydrogen) atoms. The number of nitrogens with zero attached hydrogens (tertiary/aromatic N) is 3. The molecule has 0 aromatic carbocycles. The zero-order chi connectivity index (χ0) is 27.4. The number of carbonyl (C=O) groups is 1. The van der Waals surface area contributed by atoms with Gasteiger partial charge in [0.1, 0.15) is 17.7 Å². The molecule has 2 saturated heterocycles. The van der Waals surface area contributed by atoms with Crippen LogP contribution in [0.25, 0.3) is 0 Å². The Morgan fingerprint density at radius 2 is 2.10 bits per heavy atom. The smallest absolute Gasteiger partial charge is 0.325 e. The van der Waals surface area contributed by atoms with Crippen LogP contribution in [0.5, 0.6) is 0 Å². The molecule has 0 radical (unpaired) electrons. The largest absolute Gasteiger partial charge is 0.480 e. The molecular weight excluding hydrogens is 509 g/mol. The van der Waals surface area contributed by atoms with E-state index >= 15 is 8.78 Å². The lowest BCUT2D eigenvalue weighted by Crippen LogP contribution is -2.36. The molecule has 0 amide bonds. The van der Waals surface area contributed by atoms with E-state index in [4.69, 9.17) is 4.74 Å². The Morgan fingerprint density at radius 1 is 1.23 bits per heavy atom. The summed E-state index contributed by atoms with van der Waals surface area (Å²) < 4.78 is 50.6. The second kappa shape index (κ2) is 12.2. The minimum atomic E-state index is -2.92. The molecule has 0 saturated carbocycles. The number of aromatic nitrogens is 2. The number of carboxylic acid groups (broad SMARTS) is 1. The number of fused-ring (bicyclic) bond motifs is 1. The van der Waals surface area contributed by atoms with E-state index in [2.05, 4.69) is 21.4 Å². The number of unbranched alkanes of at least 4 members (excludes halogenated alkanes) is 1. The molecule has 3 aliphatic heterocycles. The summed E-state index contributed by atoms with van der Waals surface area (Å²) in [4.78, 5) is 22.8. The van der Waals surface area contributed by atoms with Crippen molar-refractivity contribution in [2.45, 2.75) is 82.3 Å². The summed E-state index contributed by atoms with van der Waals surface area (Å²) in [6, 6.07) is 3.98. The zero-order valence-electron chi connectivity index (χ0n) is 22.2. The number of ether oxygens (including phenoxy) is 1. The van der Waals surface area contributed by atoms with Gasteiger partial charge in [0.05, 0.1) is 18.0 Å². The molecule has 0 aliphatic carbocycles. The van der Waals surface area contributed by atoms with Crippen molar-refractivity contribution in [2.24, 2.45) is 5.92 Å². The summed E-state index contributed by atoms with van der Waals surface area (Å²) in [6.07, 6.45) is 6.74. The van der Waals surface area contributed by atoms with Crippen molar-refractivity contribution >= 4 is 11.8 Å². The average Bonchev–Trinajstić information content (AvgIpc) is 3.42. The van der Waals surface area contributed by atoms with Crippen LogP contribution in [0.1, 0.15) is 86.0 Å². The van der Waals surface area contributed by atoms with Crippen molar-refractivity contribution in [2.75, 3.05) is 31.6 Å². The highest BCUT2D eigenvalue weighted by molar-refractivity contribution is 5.76. The third kappa shape index (κ3) is 6.54. The topological polar surface area (TPSA) is 87.6 Å². The number of hydrogen-bond acceptors (Lipinski definition) is 6. The monoisotopic (exact) mass is 546 g/mol. The highest BCUT2D eigenvalue weighted by Gasteiger charge is 2.46. The van der Waals surface area contributed by atoms with Gasteiger partial charge in [0, 0.05) is 43.3 Å². The fourth-order valence-corrected chi connectivity index (χ4v) is 6.14. The molecule has 212 valence electrons. The summed E-state index contributed by atoms with van der Waals surface area (Å²) in [5, 5.41) is 13.4. The van der Waals surface area contributed by atoms with Crippen LogP contribution in [0.4, 0.5) is 19.0 Å². The number of pyridine rings is 2. The first-order valence-electron chi connectivity index (χ1n) is 14.2. The number of alkyl halides is 2. The first kappa shape index (κ1) is 27.8. The van der Waals surface area contributed by atoms with Crippen molar-refractivity contribution < 1.29 is 27.8 Å². The quantitative estimate of drug-likeness (QED) is 0.369. The first-order valence-corrected chi connectivity index (χ1v) is 14.2. The van der Waals surface area contributed by atoms with Gasteiger partial charge >= 0.3 is 5.97 Å². The maximum absolute atomic E-state index is 15.3. The Kier molecular flexibility index (Phi) is 8.71. The SMILES string of the molecule is O=C(O)[C@@H](c1cc(F)cnc1[C@@H]1CCCCO1)N1CC[C@@H](C(F)(F)CCCCc2ccc3c(n2)NCCC3)C1. The summed E-state index contributed by atoms with van der Waals surface area (Å²) in [5.41, 5.74) is 2.70. The lowest BCUT2D eigenvalue weighted by molar-refractivity contribution is -0.143. The molecule has 2 N–H and O–H groups in total. The van der Waals surface area contributed by atoms with Crippen molar-refractivity contribution in [3.8, 4) is 0 Å². The Hall–Kier alpha value is -2.72. The number of aliphatic carboxylic acids is 1. The number of carboxylic acids is 1. The number of likely N-dealkylation sites (tertiary alicyclic amines) is 1. The highest BCUT2D eigenvalue weighted by Crippen LogP contribution is 2.41. The molecule has 2 aromatic rings. The van der Waals surface area contributed by atoms with Gasteiger partial charge in [-0.25, -0.2) is 18.2 Å². The van der Waals surface area contributed by atoms with E-state index in [-0.39, 0.29) is 31.5 Å². The second-order valence-electron chi connectivity index (χ2n) is 11.0. The van der Waals surface area contributed by atoms with Crippen molar-refractivity contribution in [1.29, 1.82) is 0 Å². The Labute approximate surface area is 227 Å². The molecule has 0 bridgehead atoms. The standard InChI is InChI=1S/C29H37F3N4O3/c30-21-16-23(25(34-17-21)24-8-2-4-15-39-24)26(28(37)38)36-14-11-20(18-36)29(31,32)12-3-1-7-22-10-9-19-6-5-13-33-27(19)35-22/h9-10,16-17,20,24,26H,1-8,11-15,18H2,(H,33,35)(H,37,38)/t20-,24+,26-/m1/s1. The van der Waals surface area contributed by atoms with Crippen LogP contribution in [0.3, 0.4) is 0 Å². The second-order valence-corrected chi connectivity index (χ2v) is 11.0. The van der Waals surface area contributed by atoms with Crippen LogP contribution in [0.2, 0.25) is 0 Å². The lowest BCUT2D eigenvalue weighted by atomic mass is 9.94. The number of anilines is 1. The van der Waals surface area contributed by atoms with Crippen molar-refractivity contribution in [1.82, 2.24) is 14.9 Å². The molecule has 2 aromatic heterocycles. The van der Waals surface area contributed by atoms with Crippen molar-refractivity contribution in [3.63, 3.8) is 0 Å². The van der Waals surface area contributed by atoms with E-state index in [1.807, 2.05) is 6.07 Å². The van der Waals surface area contributed by atoms with Gasteiger partial charge in [-0.2, -0.15) is 0 Å². The summed E-state index contributed by atoms with van der Waals surface area (Å²) in [6.45, 7) is 1.56. The van der Waals surface area contributed by atoms with Crippen LogP contribution in [0, 0.1) is 11.7 Å². The molecular formula is C29H37F3N4O3. The Morgan fingerprint density at radius 3 is 2.90 bits per heavy atom. The van der Waals surface area contributed by atoms with Crippen LogP contribution < -0.4 is 5.32 Å². The molecule has 5 rings (SSSR count). The average molecular weight is 547 g/mol. The number of nitrogens with one attached hydrogen (secondary N) is 1. The van der Waals surface area contributed by atoms with E-state index in [1.54, 1.807) is 0 Å². The molecule has 3 aliphatic rings. The van der Waals surface area contributed by atoms with Gasteiger partial charge in [0.2, 0.25) is 0 Å². The third-order valence-corrected chi connectivity index (χ3v) is 8.26. The van der Waals surface area contributed by atoms with Crippen LogP contribution in [-0.4, -0.2) is 58.1 Å². The first-order chi connectivity index (χ1) is 18.8. The molecule has 0 unspecified atom stereocenters. The summed E-state index contributed by atoms with van der Waals surface area (Å²) in [7, 11) is 0. The van der Waals surface area contributed by atoms with Gasteiger partial charge in [-0.05, 0) is 82.0 Å². The maximum atomic E-state index is 15.3. The molecule has 7 nitrogen and oxygen atoms in total. The van der Waals surface area contributed by atoms with Crippen LogP contribution in [-0.2, 0) is 22.4 Å². The van der Waals surface area contributed by atoms with Gasteiger partial charge in [-0.15, -0.1) is 0 Å². The molecule has 3 atom stereocenters. The minimum Gasteiger partial charge on any atom is -0.480 e. The lowest BCUT2D eigenvalue weighted by Gasteiger charge is -2.30. The van der Waals surface area contributed by atoms with Gasteiger partial charge in [0.25, 0.3) is 5.92 Å². The summed E-state index contributed by atoms with van der Waals surface area (Å²) in [5.74, 6) is -4.81. The van der Waals surface area contributed by atoms with Crippen LogP contribution >= 0.6 is 0 Å². The number of halogens is 3. The zero-order valence-corrected chi connectivity index (χ0v) is 22.2. The number of rotatable bonds is 10. The van der Waals surface area contributed by atoms with Gasteiger partial charge in [-0.3, -0.25) is 14.7 Å². The molecule has 0 spiro atoms. The summed E-state index contributed by atoms with van der Waals surface area (Å²) >= 11 is 0. The predicted molar refractivity (Wildman–Crippen MR) is 140 cm³/mol. The third-order valence-electron chi connectivity index (χ3n) is 8.26. The van der Waals surface area contributed by atoms with E-state index in [1.165, 1.54) is 16.5 Å². The van der Waals surface area contributed by atoms with E-state index in [0.717, 1.165) is 49.9 Å². The number of aryl methyl sites for hydroxylation is 2. The van der Waals surface area contributed by atoms with Crippen molar-refractivity contribution in [3.05, 3.63) is 52.7 Å². The normalized spacial score (nSPS) is 22.7. The molecule has 2 fully saturated rings. The Bertz CT molecular complexity index is 1160. The van der Waals surface area contributed by atoms with Gasteiger partial charge < -0.3 is 15.2 Å². The van der Waals surface area contributed by atoms with Gasteiger partial charge in [0.15, 0.2) is 0 Å². The highest BCUT2D eigenvalue weighted by atomic mass is 19.3. The van der Waals surface area contributed by atoms with E-state index in [0.29, 0.717) is 38.0 Å². The maximum Gasteiger partial charge on any atom is 0.325 e. The van der Waals surface area contributed by atoms with E-state index in [9.17, 15) is 14.3 Å². The Balaban J connectivity index is 1.20. The predicted octanol–water partition coefficient (Wildman–Crippen LogP) is 5.71. The fourth-order valence-electron chi connectivity index (χ4n) is 6.14. The molecule has 10 heteroatoms. The minimum absolute atomic E-state index is 0.0660.